The van der Waals surface area contributed by atoms with Crippen LogP contribution in [0.3, 0.4) is 0 Å². The molecule has 0 amide bonds. The second-order valence-corrected chi connectivity index (χ2v) is 8.98. The van der Waals surface area contributed by atoms with Crippen LogP contribution in [-0.2, 0) is 15.1 Å². The molecule has 4 heteroatoms. The Balaban J connectivity index is 1.52. The van der Waals surface area contributed by atoms with Crippen molar-refractivity contribution in [2.75, 3.05) is 13.2 Å². The third-order valence-corrected chi connectivity index (χ3v) is 6.47. The maximum Gasteiger partial charge on any atom is 0.308 e. The molecule has 0 aromatic heterocycles. The molecule has 0 saturated heterocycles. The standard InChI is InChI=1S/C28H38O4/c1-3-5-6-7-21-32-27(29)24-16-18-28(30,19-17-24)25-12-8-22(9-13-25)23-10-14-26(15-11-23)31-20-4-2/h8-15,24,30H,3-7,16-21H2,1-2H3. The minimum atomic E-state index is -0.867. The van der Waals surface area contributed by atoms with E-state index in [9.17, 15) is 9.90 Å². The highest BCUT2D eigenvalue weighted by atomic mass is 16.5. The lowest BCUT2D eigenvalue weighted by Gasteiger charge is -2.35. The Bertz CT molecular complexity index is 818. The van der Waals surface area contributed by atoms with Crippen molar-refractivity contribution in [1.29, 1.82) is 0 Å². The number of carbonyl (C=O) groups is 1. The molecule has 32 heavy (non-hydrogen) atoms. The molecule has 1 fully saturated rings. The van der Waals surface area contributed by atoms with Crippen LogP contribution in [0.4, 0.5) is 0 Å². The number of hydrogen-bond acceptors (Lipinski definition) is 4. The van der Waals surface area contributed by atoms with Crippen LogP contribution in [0.25, 0.3) is 11.1 Å². The molecule has 0 radical (unpaired) electrons. The summed E-state index contributed by atoms with van der Waals surface area (Å²) in [6, 6.07) is 16.3. The van der Waals surface area contributed by atoms with Crippen molar-refractivity contribution in [3.05, 3.63) is 54.1 Å². The quantitative estimate of drug-likeness (QED) is 0.315. The second-order valence-electron chi connectivity index (χ2n) is 8.98. The van der Waals surface area contributed by atoms with Crippen molar-refractivity contribution in [3.8, 4) is 16.9 Å². The molecular weight excluding hydrogens is 400 g/mol. The molecule has 1 aliphatic carbocycles. The number of aliphatic hydroxyl groups is 1. The minimum absolute atomic E-state index is 0.0887. The van der Waals surface area contributed by atoms with Crippen molar-refractivity contribution in [1.82, 2.24) is 0 Å². The van der Waals surface area contributed by atoms with Crippen molar-refractivity contribution < 1.29 is 19.4 Å². The van der Waals surface area contributed by atoms with Crippen molar-refractivity contribution in [2.45, 2.75) is 77.2 Å². The SMILES string of the molecule is CCCCCCOC(=O)C1CCC(O)(c2ccc(-c3ccc(OCCC)cc3)cc2)CC1. The van der Waals surface area contributed by atoms with Gasteiger partial charge in [0.25, 0.3) is 0 Å². The molecule has 0 spiro atoms. The number of esters is 1. The predicted molar refractivity (Wildman–Crippen MR) is 129 cm³/mol. The van der Waals surface area contributed by atoms with Gasteiger partial charge in [-0.3, -0.25) is 4.79 Å². The zero-order valence-corrected chi connectivity index (χ0v) is 19.6. The van der Waals surface area contributed by atoms with Gasteiger partial charge in [0.2, 0.25) is 0 Å². The van der Waals surface area contributed by atoms with Crippen LogP contribution >= 0.6 is 0 Å². The van der Waals surface area contributed by atoms with Gasteiger partial charge in [0.15, 0.2) is 0 Å². The maximum atomic E-state index is 12.3. The Kier molecular flexibility index (Phi) is 9.16. The topological polar surface area (TPSA) is 55.8 Å². The molecule has 2 aromatic carbocycles. The number of ether oxygens (including phenoxy) is 2. The molecule has 0 aliphatic heterocycles. The average molecular weight is 439 g/mol. The van der Waals surface area contributed by atoms with E-state index in [1.54, 1.807) is 0 Å². The Morgan fingerprint density at radius 2 is 1.50 bits per heavy atom. The van der Waals surface area contributed by atoms with Crippen LogP contribution in [0.5, 0.6) is 5.75 Å². The number of hydrogen-bond donors (Lipinski definition) is 1. The van der Waals surface area contributed by atoms with E-state index in [-0.39, 0.29) is 11.9 Å². The predicted octanol–water partition coefficient (Wildman–Crippen LogP) is 6.64. The van der Waals surface area contributed by atoms with Crippen LogP contribution in [0.1, 0.15) is 77.2 Å². The van der Waals surface area contributed by atoms with E-state index in [0.717, 1.165) is 48.3 Å². The van der Waals surface area contributed by atoms with Gasteiger partial charge in [-0.2, -0.15) is 0 Å². The summed E-state index contributed by atoms with van der Waals surface area (Å²) < 4.78 is 11.1. The molecule has 3 rings (SSSR count). The number of rotatable bonds is 11. The monoisotopic (exact) mass is 438 g/mol. The molecule has 4 nitrogen and oxygen atoms in total. The molecule has 1 N–H and O–H groups in total. The van der Waals surface area contributed by atoms with Crippen molar-refractivity contribution in [3.63, 3.8) is 0 Å². The van der Waals surface area contributed by atoms with Gasteiger partial charge in [-0.05, 0) is 67.3 Å². The number of unbranched alkanes of at least 4 members (excludes halogenated alkanes) is 3. The Morgan fingerprint density at radius 3 is 2.09 bits per heavy atom. The van der Waals surface area contributed by atoms with Gasteiger partial charge in [0, 0.05) is 0 Å². The zero-order valence-electron chi connectivity index (χ0n) is 19.6. The number of benzene rings is 2. The first-order valence-corrected chi connectivity index (χ1v) is 12.3. The van der Waals surface area contributed by atoms with E-state index in [1.165, 1.54) is 12.8 Å². The van der Waals surface area contributed by atoms with Gasteiger partial charge in [0.1, 0.15) is 5.75 Å². The lowest BCUT2D eigenvalue weighted by Crippen LogP contribution is -2.34. The summed E-state index contributed by atoms with van der Waals surface area (Å²) in [6.07, 6.45) is 7.93. The first-order valence-electron chi connectivity index (χ1n) is 12.3. The van der Waals surface area contributed by atoms with E-state index in [1.807, 2.05) is 24.3 Å². The van der Waals surface area contributed by atoms with Crippen LogP contribution < -0.4 is 4.74 Å². The smallest absolute Gasteiger partial charge is 0.308 e. The van der Waals surface area contributed by atoms with Gasteiger partial charge in [0.05, 0.1) is 24.7 Å². The zero-order chi connectivity index (χ0) is 22.8. The lowest BCUT2D eigenvalue weighted by molar-refractivity contribution is -0.152. The summed E-state index contributed by atoms with van der Waals surface area (Å²) in [5, 5.41) is 11.2. The fourth-order valence-electron chi connectivity index (χ4n) is 4.38. The van der Waals surface area contributed by atoms with Crippen LogP contribution in [0.15, 0.2) is 48.5 Å². The summed E-state index contributed by atoms with van der Waals surface area (Å²) in [7, 11) is 0. The van der Waals surface area contributed by atoms with Crippen LogP contribution in [0.2, 0.25) is 0 Å². The fourth-order valence-corrected chi connectivity index (χ4v) is 4.38. The van der Waals surface area contributed by atoms with Gasteiger partial charge < -0.3 is 14.6 Å². The third kappa shape index (κ3) is 6.59. The summed E-state index contributed by atoms with van der Waals surface area (Å²) in [6.45, 7) is 5.51. The van der Waals surface area contributed by atoms with Crippen molar-refractivity contribution >= 4 is 5.97 Å². The summed E-state index contributed by atoms with van der Waals surface area (Å²) >= 11 is 0. The highest BCUT2D eigenvalue weighted by Gasteiger charge is 2.37. The lowest BCUT2D eigenvalue weighted by atomic mass is 9.75. The molecule has 2 aromatic rings. The fraction of sp³-hybridized carbons (Fsp3) is 0.536. The molecule has 174 valence electrons. The van der Waals surface area contributed by atoms with E-state index in [2.05, 4.69) is 38.1 Å². The minimum Gasteiger partial charge on any atom is -0.494 e. The van der Waals surface area contributed by atoms with E-state index >= 15 is 0 Å². The normalized spacial score (nSPS) is 20.7. The summed E-state index contributed by atoms with van der Waals surface area (Å²) in [5.74, 6) is 0.706. The van der Waals surface area contributed by atoms with E-state index in [0.29, 0.717) is 32.3 Å². The third-order valence-electron chi connectivity index (χ3n) is 6.47. The van der Waals surface area contributed by atoms with Gasteiger partial charge >= 0.3 is 5.97 Å². The highest BCUT2D eigenvalue weighted by molar-refractivity contribution is 5.72. The van der Waals surface area contributed by atoms with E-state index < -0.39 is 5.60 Å². The van der Waals surface area contributed by atoms with Gasteiger partial charge in [-0.1, -0.05) is 69.5 Å². The molecule has 1 aliphatic rings. The second kappa shape index (κ2) is 12.1. The summed E-state index contributed by atoms with van der Waals surface area (Å²) in [5.41, 5.74) is 2.29. The molecule has 0 heterocycles. The van der Waals surface area contributed by atoms with Gasteiger partial charge in [-0.15, -0.1) is 0 Å². The van der Waals surface area contributed by atoms with Crippen molar-refractivity contribution in [2.24, 2.45) is 5.92 Å². The Labute approximate surface area is 193 Å². The van der Waals surface area contributed by atoms with Crippen LogP contribution in [-0.4, -0.2) is 24.3 Å². The number of carbonyl (C=O) groups excluding carboxylic acids is 1. The molecule has 0 unspecified atom stereocenters. The maximum absolute atomic E-state index is 12.3. The van der Waals surface area contributed by atoms with Crippen LogP contribution in [0, 0.1) is 5.92 Å². The molecular formula is C28H38O4. The molecule has 0 bridgehead atoms. The van der Waals surface area contributed by atoms with E-state index in [4.69, 9.17) is 9.47 Å². The largest absolute Gasteiger partial charge is 0.494 e. The first-order chi connectivity index (χ1) is 15.6. The van der Waals surface area contributed by atoms with Gasteiger partial charge in [-0.25, -0.2) is 0 Å². The summed E-state index contributed by atoms with van der Waals surface area (Å²) in [4.78, 5) is 12.3. The highest BCUT2D eigenvalue weighted by Crippen LogP contribution is 2.40. The molecule has 1 saturated carbocycles. The Hall–Kier alpha value is -2.33. The first kappa shape index (κ1) is 24.3. The Morgan fingerprint density at radius 1 is 0.875 bits per heavy atom. The average Bonchev–Trinajstić information content (AvgIpc) is 2.83. The molecule has 0 atom stereocenters.